The van der Waals surface area contributed by atoms with Crippen LogP contribution >= 0.6 is 11.6 Å². The minimum Gasteiger partial charge on any atom is -0.378 e. The quantitative estimate of drug-likeness (QED) is 0.484. The molecule has 1 fully saturated rings. The molecule has 0 amide bonds. The molecule has 0 spiro atoms. The largest absolute Gasteiger partial charge is 0.378 e. The highest BCUT2D eigenvalue weighted by Crippen LogP contribution is 2.25. The molecule has 0 N–H and O–H groups in total. The molecule has 1 rings (SSSR count). The predicted octanol–water partition coefficient (Wildman–Crippen LogP) is 3.99. The summed E-state index contributed by atoms with van der Waals surface area (Å²) in [5.74, 6) is 1.66. The zero-order valence-corrected chi connectivity index (χ0v) is 10.1. The fourth-order valence-electron chi connectivity index (χ4n) is 2.15. The lowest BCUT2D eigenvalue weighted by Crippen LogP contribution is -2.21. The number of unbranched alkanes of at least 4 members (excludes halogenated alkanes) is 2. The number of rotatable bonds is 6. The minimum absolute atomic E-state index is 0.551. The second kappa shape index (κ2) is 7.53. The first-order chi connectivity index (χ1) is 6.83. The van der Waals surface area contributed by atoms with Gasteiger partial charge in [0.2, 0.25) is 0 Å². The molecule has 1 nitrogen and oxygen atoms in total. The third kappa shape index (κ3) is 5.21. The predicted molar refractivity (Wildman–Crippen MR) is 61.9 cm³/mol. The van der Waals surface area contributed by atoms with Gasteiger partial charge in [0.1, 0.15) is 0 Å². The van der Waals surface area contributed by atoms with Gasteiger partial charge in [-0.2, -0.15) is 0 Å². The van der Waals surface area contributed by atoms with Crippen LogP contribution in [0.2, 0.25) is 0 Å². The van der Waals surface area contributed by atoms with Gasteiger partial charge >= 0.3 is 0 Å². The molecule has 1 aliphatic carbocycles. The van der Waals surface area contributed by atoms with Gasteiger partial charge in [-0.15, -0.1) is 11.6 Å². The zero-order chi connectivity index (χ0) is 10.2. The van der Waals surface area contributed by atoms with E-state index in [9.17, 15) is 0 Å². The zero-order valence-electron chi connectivity index (χ0n) is 9.30. The van der Waals surface area contributed by atoms with E-state index < -0.39 is 0 Å². The van der Waals surface area contributed by atoms with Crippen LogP contribution < -0.4 is 0 Å². The molecule has 0 saturated heterocycles. The summed E-state index contributed by atoms with van der Waals surface area (Å²) in [6, 6.07) is 0. The van der Waals surface area contributed by atoms with Gasteiger partial charge in [0.25, 0.3) is 0 Å². The van der Waals surface area contributed by atoms with E-state index in [-0.39, 0.29) is 0 Å². The number of halogens is 1. The molecular weight excluding hydrogens is 196 g/mol. The van der Waals surface area contributed by atoms with Crippen molar-refractivity contribution in [1.29, 1.82) is 0 Å². The van der Waals surface area contributed by atoms with Crippen molar-refractivity contribution in [3.8, 4) is 0 Å². The number of hydrogen-bond acceptors (Lipinski definition) is 1. The Morgan fingerprint density at radius 3 is 2.79 bits per heavy atom. The molecule has 0 radical (unpaired) electrons. The summed E-state index contributed by atoms with van der Waals surface area (Å²) in [7, 11) is 0. The lowest BCUT2D eigenvalue weighted by Gasteiger charge is -2.26. The van der Waals surface area contributed by atoms with Crippen molar-refractivity contribution in [2.24, 2.45) is 5.92 Å². The van der Waals surface area contributed by atoms with Crippen LogP contribution in [-0.2, 0) is 4.74 Å². The van der Waals surface area contributed by atoms with E-state index in [0.717, 1.165) is 24.8 Å². The van der Waals surface area contributed by atoms with Crippen molar-refractivity contribution in [3.63, 3.8) is 0 Å². The van der Waals surface area contributed by atoms with Gasteiger partial charge in [-0.25, -0.2) is 0 Å². The number of alkyl halides is 1. The van der Waals surface area contributed by atoms with Crippen LogP contribution in [0.1, 0.15) is 51.9 Å². The maximum Gasteiger partial charge on any atom is 0.0577 e. The lowest BCUT2D eigenvalue weighted by molar-refractivity contribution is 0.0138. The Morgan fingerprint density at radius 1 is 1.21 bits per heavy atom. The van der Waals surface area contributed by atoms with Crippen molar-refractivity contribution < 1.29 is 4.74 Å². The summed E-state index contributed by atoms with van der Waals surface area (Å²) in [6.45, 7) is 3.28. The first kappa shape index (κ1) is 12.3. The highest BCUT2D eigenvalue weighted by molar-refractivity contribution is 6.17. The van der Waals surface area contributed by atoms with Crippen LogP contribution in [0.3, 0.4) is 0 Å². The molecule has 2 atom stereocenters. The van der Waals surface area contributed by atoms with Gasteiger partial charge in [-0.05, 0) is 38.0 Å². The highest BCUT2D eigenvalue weighted by atomic mass is 35.5. The molecule has 14 heavy (non-hydrogen) atoms. The Morgan fingerprint density at radius 2 is 2.07 bits per heavy atom. The van der Waals surface area contributed by atoms with Crippen LogP contribution in [-0.4, -0.2) is 18.6 Å². The van der Waals surface area contributed by atoms with E-state index in [0.29, 0.717) is 6.10 Å². The third-order valence-electron chi connectivity index (χ3n) is 3.02. The van der Waals surface area contributed by atoms with E-state index >= 15 is 0 Å². The summed E-state index contributed by atoms with van der Waals surface area (Å²) < 4.78 is 5.86. The first-order valence-corrected chi connectivity index (χ1v) is 6.54. The van der Waals surface area contributed by atoms with Crippen LogP contribution in [0.5, 0.6) is 0 Å². The van der Waals surface area contributed by atoms with Crippen molar-refractivity contribution in [2.45, 2.75) is 58.0 Å². The second-order valence-corrected chi connectivity index (χ2v) is 4.89. The fourth-order valence-corrected chi connectivity index (χ4v) is 2.34. The monoisotopic (exact) mass is 218 g/mol. The molecule has 84 valence electrons. The van der Waals surface area contributed by atoms with E-state index in [4.69, 9.17) is 16.3 Å². The van der Waals surface area contributed by atoms with E-state index in [1.54, 1.807) is 0 Å². The standard InChI is InChI=1S/C12H23ClO/c1-11-6-5-7-12(10-11)14-9-4-2-3-8-13/h11-12H,2-10H2,1H3. The average Bonchev–Trinajstić information content (AvgIpc) is 2.18. The SMILES string of the molecule is CC1CCCC(OCCCCCCl)C1. The van der Waals surface area contributed by atoms with Gasteiger partial charge in [-0.1, -0.05) is 19.8 Å². The van der Waals surface area contributed by atoms with Gasteiger partial charge in [0.15, 0.2) is 0 Å². The molecular formula is C12H23ClO. The fraction of sp³-hybridized carbons (Fsp3) is 1.00. The molecule has 0 heterocycles. The Labute approximate surface area is 93.2 Å². The van der Waals surface area contributed by atoms with Crippen molar-refractivity contribution in [2.75, 3.05) is 12.5 Å². The van der Waals surface area contributed by atoms with E-state index in [1.165, 1.54) is 38.5 Å². The Bertz CT molecular complexity index is 138. The maximum absolute atomic E-state index is 5.86. The lowest BCUT2D eigenvalue weighted by atomic mass is 9.89. The van der Waals surface area contributed by atoms with Crippen LogP contribution in [0, 0.1) is 5.92 Å². The summed E-state index contributed by atoms with van der Waals surface area (Å²) in [4.78, 5) is 0. The Hall–Kier alpha value is 0.250. The second-order valence-electron chi connectivity index (χ2n) is 4.51. The van der Waals surface area contributed by atoms with Gasteiger partial charge in [0.05, 0.1) is 6.10 Å². The molecule has 0 aromatic carbocycles. The van der Waals surface area contributed by atoms with Crippen LogP contribution in [0.4, 0.5) is 0 Å². The molecule has 1 aliphatic rings. The van der Waals surface area contributed by atoms with E-state index in [2.05, 4.69) is 6.92 Å². The number of ether oxygens (including phenoxy) is 1. The Kier molecular flexibility index (Phi) is 6.63. The van der Waals surface area contributed by atoms with Crippen molar-refractivity contribution in [3.05, 3.63) is 0 Å². The summed E-state index contributed by atoms with van der Waals surface area (Å²) in [6.07, 6.45) is 9.37. The van der Waals surface area contributed by atoms with Crippen LogP contribution in [0.25, 0.3) is 0 Å². The first-order valence-electron chi connectivity index (χ1n) is 6.00. The topological polar surface area (TPSA) is 9.23 Å². The van der Waals surface area contributed by atoms with Gasteiger partial charge < -0.3 is 4.74 Å². The molecule has 0 aromatic heterocycles. The number of hydrogen-bond donors (Lipinski definition) is 0. The normalized spacial score (nSPS) is 27.9. The summed E-state index contributed by atoms with van der Waals surface area (Å²) >= 11 is 5.61. The van der Waals surface area contributed by atoms with Crippen molar-refractivity contribution in [1.82, 2.24) is 0 Å². The van der Waals surface area contributed by atoms with Gasteiger partial charge in [-0.3, -0.25) is 0 Å². The Balaban J connectivity index is 1.95. The molecule has 0 aromatic rings. The molecule has 0 bridgehead atoms. The third-order valence-corrected chi connectivity index (χ3v) is 3.29. The summed E-state index contributed by atoms with van der Waals surface area (Å²) in [5.41, 5.74) is 0. The average molecular weight is 219 g/mol. The van der Waals surface area contributed by atoms with Crippen molar-refractivity contribution >= 4 is 11.6 Å². The molecule has 2 heteroatoms. The van der Waals surface area contributed by atoms with E-state index in [1.807, 2.05) is 0 Å². The molecule has 1 saturated carbocycles. The molecule has 0 aliphatic heterocycles. The summed E-state index contributed by atoms with van der Waals surface area (Å²) in [5, 5.41) is 0. The molecule has 2 unspecified atom stereocenters. The van der Waals surface area contributed by atoms with Gasteiger partial charge in [0, 0.05) is 12.5 Å². The smallest absolute Gasteiger partial charge is 0.0577 e. The highest BCUT2D eigenvalue weighted by Gasteiger charge is 2.18. The van der Waals surface area contributed by atoms with Crippen LogP contribution in [0.15, 0.2) is 0 Å². The maximum atomic E-state index is 5.86. The minimum atomic E-state index is 0.551.